The van der Waals surface area contributed by atoms with E-state index in [4.69, 9.17) is 4.84 Å². The first-order valence-electron chi connectivity index (χ1n) is 6.37. The molecule has 1 aromatic rings. The lowest BCUT2D eigenvalue weighted by Crippen LogP contribution is -2.27. The zero-order valence-electron chi connectivity index (χ0n) is 11.0. The quantitative estimate of drug-likeness (QED) is 0.703. The summed E-state index contributed by atoms with van der Waals surface area (Å²) in [6.07, 6.45) is 0.758. The number of hydrogen-bond acceptors (Lipinski definition) is 2. The number of aryl methyl sites for hydroxylation is 1. The lowest BCUT2D eigenvalue weighted by molar-refractivity contribution is 0.151. The van der Waals surface area contributed by atoms with Crippen molar-refractivity contribution in [3.05, 3.63) is 58.5 Å². The normalized spacial score (nSPS) is 11.1. The van der Waals surface area contributed by atoms with Crippen molar-refractivity contribution in [2.45, 2.75) is 13.3 Å². The minimum atomic E-state index is -0.0851. The molecule has 0 spiro atoms. The molecular formula is C16H15NO2. The van der Waals surface area contributed by atoms with Crippen LogP contribution in [-0.2, 0) is 6.42 Å². The highest BCUT2D eigenvalue weighted by Gasteiger charge is 2.15. The summed E-state index contributed by atoms with van der Waals surface area (Å²) in [5.41, 5.74) is 2.85. The minimum absolute atomic E-state index is 0.0851. The van der Waals surface area contributed by atoms with Gasteiger partial charge in [0.1, 0.15) is 7.11 Å². The summed E-state index contributed by atoms with van der Waals surface area (Å²) in [6, 6.07) is 14.0. The molecule has 1 heterocycles. The van der Waals surface area contributed by atoms with E-state index in [9.17, 15) is 4.79 Å². The molecule has 3 nitrogen and oxygen atoms in total. The van der Waals surface area contributed by atoms with E-state index >= 15 is 0 Å². The molecule has 3 heteroatoms. The van der Waals surface area contributed by atoms with Gasteiger partial charge in [0.15, 0.2) is 0 Å². The largest absolute Gasteiger partial charge is 0.414 e. The van der Waals surface area contributed by atoms with Gasteiger partial charge < -0.3 is 4.84 Å². The SMILES string of the molecule is CCc1cc2cc3cccccc-3c2c(=O)n1OC. The Morgan fingerprint density at radius 1 is 1.16 bits per heavy atom. The molecular weight excluding hydrogens is 238 g/mol. The summed E-state index contributed by atoms with van der Waals surface area (Å²) in [6.45, 7) is 2.01. The number of aromatic nitrogens is 1. The van der Waals surface area contributed by atoms with Gasteiger partial charge in [0, 0.05) is 0 Å². The third-order valence-corrected chi connectivity index (χ3v) is 3.47. The maximum atomic E-state index is 12.6. The Morgan fingerprint density at radius 2 is 1.95 bits per heavy atom. The van der Waals surface area contributed by atoms with Gasteiger partial charge >= 0.3 is 0 Å². The topological polar surface area (TPSA) is 31.2 Å². The van der Waals surface area contributed by atoms with Gasteiger partial charge in [-0.1, -0.05) is 37.3 Å². The summed E-state index contributed by atoms with van der Waals surface area (Å²) in [5.74, 6) is 0. The van der Waals surface area contributed by atoms with Crippen molar-refractivity contribution in [1.82, 2.24) is 4.73 Å². The van der Waals surface area contributed by atoms with Crippen LogP contribution < -0.4 is 10.4 Å². The summed E-state index contributed by atoms with van der Waals surface area (Å²) in [5, 5.41) is 1.71. The van der Waals surface area contributed by atoms with Gasteiger partial charge in [-0.15, -0.1) is 4.73 Å². The Balaban J connectivity index is 2.50. The molecule has 96 valence electrons. The van der Waals surface area contributed by atoms with E-state index in [-0.39, 0.29) is 5.56 Å². The second kappa shape index (κ2) is 4.43. The highest BCUT2D eigenvalue weighted by Crippen LogP contribution is 2.31. The molecule has 0 saturated carbocycles. The third kappa shape index (κ3) is 1.70. The molecule has 0 unspecified atom stereocenters. The van der Waals surface area contributed by atoms with Crippen LogP contribution in [0.2, 0.25) is 0 Å². The van der Waals surface area contributed by atoms with Crippen molar-refractivity contribution in [3.63, 3.8) is 0 Å². The van der Waals surface area contributed by atoms with E-state index < -0.39 is 0 Å². The van der Waals surface area contributed by atoms with Crippen molar-refractivity contribution >= 4 is 10.8 Å². The predicted octanol–water partition coefficient (Wildman–Crippen LogP) is 2.73. The predicted molar refractivity (Wildman–Crippen MR) is 76.7 cm³/mol. The standard InChI is InChI=1S/C16H15NO2/c1-3-13-10-12-9-11-7-5-4-6-8-14(11)15(12)16(18)17(13)19-2/h4-10H,3H2,1-2H3. The highest BCUT2D eigenvalue weighted by atomic mass is 16.6. The fourth-order valence-electron chi connectivity index (χ4n) is 2.58. The van der Waals surface area contributed by atoms with Crippen LogP contribution >= 0.6 is 0 Å². The second-order valence-corrected chi connectivity index (χ2v) is 4.53. The van der Waals surface area contributed by atoms with Crippen LogP contribution in [0.25, 0.3) is 21.9 Å². The molecule has 1 aromatic heterocycles. The van der Waals surface area contributed by atoms with Gasteiger partial charge in [-0.3, -0.25) is 4.79 Å². The lowest BCUT2D eigenvalue weighted by Gasteiger charge is -2.09. The van der Waals surface area contributed by atoms with Crippen molar-refractivity contribution in [3.8, 4) is 11.1 Å². The molecule has 19 heavy (non-hydrogen) atoms. The molecule has 2 aliphatic carbocycles. The van der Waals surface area contributed by atoms with Gasteiger partial charge in [-0.05, 0) is 35.1 Å². The zero-order valence-corrected chi connectivity index (χ0v) is 11.0. The number of pyridine rings is 1. The number of rotatable bonds is 2. The maximum absolute atomic E-state index is 12.6. The Labute approximate surface area is 111 Å². The lowest BCUT2D eigenvalue weighted by atomic mass is 10.1. The molecule has 0 atom stereocenters. The summed E-state index contributed by atoms with van der Waals surface area (Å²) in [4.78, 5) is 17.8. The van der Waals surface area contributed by atoms with Crippen LogP contribution in [-0.4, -0.2) is 11.8 Å². The Morgan fingerprint density at radius 3 is 2.68 bits per heavy atom. The molecule has 3 rings (SSSR count). The first-order chi connectivity index (χ1) is 9.26. The van der Waals surface area contributed by atoms with E-state index in [2.05, 4.69) is 6.07 Å². The smallest absolute Gasteiger partial charge is 0.291 e. The molecule has 0 aliphatic heterocycles. The summed E-state index contributed by atoms with van der Waals surface area (Å²) in [7, 11) is 1.53. The molecule has 0 amide bonds. The molecule has 0 fully saturated rings. The molecule has 0 radical (unpaired) electrons. The van der Waals surface area contributed by atoms with Crippen molar-refractivity contribution in [1.29, 1.82) is 0 Å². The highest BCUT2D eigenvalue weighted by molar-refractivity contribution is 6.01. The molecule has 0 saturated heterocycles. The van der Waals surface area contributed by atoms with Crippen molar-refractivity contribution < 1.29 is 4.84 Å². The van der Waals surface area contributed by atoms with Crippen LogP contribution in [0.1, 0.15) is 12.6 Å². The molecule has 0 N–H and O–H groups in total. The zero-order chi connectivity index (χ0) is 13.4. The third-order valence-electron chi connectivity index (χ3n) is 3.47. The average molecular weight is 253 g/mol. The average Bonchev–Trinajstić information content (AvgIpc) is 2.60. The van der Waals surface area contributed by atoms with E-state index in [1.54, 1.807) is 0 Å². The molecule has 2 aliphatic rings. The van der Waals surface area contributed by atoms with Gasteiger partial charge in [0.05, 0.1) is 11.1 Å². The Bertz CT molecular complexity index is 773. The fraction of sp³-hybridized carbons (Fsp3) is 0.188. The van der Waals surface area contributed by atoms with Crippen LogP contribution in [0.5, 0.6) is 0 Å². The van der Waals surface area contributed by atoms with Gasteiger partial charge in [0.25, 0.3) is 5.56 Å². The Kier molecular flexibility index (Phi) is 2.75. The first kappa shape index (κ1) is 11.8. The fourth-order valence-corrected chi connectivity index (χ4v) is 2.58. The summed E-state index contributed by atoms with van der Waals surface area (Å²) >= 11 is 0. The maximum Gasteiger partial charge on any atom is 0.291 e. The van der Waals surface area contributed by atoms with Crippen LogP contribution in [0.15, 0.2) is 47.3 Å². The second-order valence-electron chi connectivity index (χ2n) is 4.53. The van der Waals surface area contributed by atoms with Crippen molar-refractivity contribution in [2.75, 3.05) is 7.11 Å². The van der Waals surface area contributed by atoms with E-state index in [1.165, 1.54) is 11.8 Å². The van der Waals surface area contributed by atoms with Gasteiger partial charge in [-0.2, -0.15) is 0 Å². The van der Waals surface area contributed by atoms with Crippen LogP contribution in [0.3, 0.4) is 0 Å². The molecule has 0 bridgehead atoms. The van der Waals surface area contributed by atoms with E-state index in [0.717, 1.165) is 34.0 Å². The summed E-state index contributed by atoms with van der Waals surface area (Å²) < 4.78 is 1.38. The Hall–Kier alpha value is -2.29. The van der Waals surface area contributed by atoms with Gasteiger partial charge in [0.2, 0.25) is 0 Å². The van der Waals surface area contributed by atoms with E-state index in [0.29, 0.717) is 0 Å². The monoisotopic (exact) mass is 253 g/mol. The van der Waals surface area contributed by atoms with E-state index in [1.807, 2.05) is 43.3 Å². The van der Waals surface area contributed by atoms with Gasteiger partial charge in [-0.25, -0.2) is 0 Å². The number of fused-ring (bicyclic) bond motifs is 3. The molecule has 0 aromatic carbocycles. The van der Waals surface area contributed by atoms with Crippen molar-refractivity contribution in [2.24, 2.45) is 0 Å². The minimum Gasteiger partial charge on any atom is -0.414 e. The van der Waals surface area contributed by atoms with Crippen LogP contribution in [0.4, 0.5) is 0 Å². The number of nitrogens with zero attached hydrogens (tertiary/aromatic N) is 1. The van der Waals surface area contributed by atoms with Crippen LogP contribution in [0, 0.1) is 0 Å². The number of hydrogen-bond donors (Lipinski definition) is 0. The first-order valence-corrected chi connectivity index (χ1v) is 6.37.